The van der Waals surface area contributed by atoms with E-state index in [1.165, 1.54) is 17.8 Å². The highest BCUT2D eigenvalue weighted by Gasteiger charge is 2.22. The quantitative estimate of drug-likeness (QED) is 0.575. The highest BCUT2D eigenvalue weighted by Crippen LogP contribution is 2.30. The second kappa shape index (κ2) is 9.26. The first-order valence-electron chi connectivity index (χ1n) is 10.3. The molecule has 1 aliphatic carbocycles. The van der Waals surface area contributed by atoms with E-state index in [1.807, 2.05) is 49.4 Å². The molecule has 0 radical (unpaired) electrons. The average Bonchev–Trinajstić information content (AvgIpc) is 3.14. The Morgan fingerprint density at radius 1 is 1.10 bits per heavy atom. The molecule has 6 nitrogen and oxygen atoms in total. The Morgan fingerprint density at radius 2 is 1.93 bits per heavy atom. The van der Waals surface area contributed by atoms with Gasteiger partial charge in [-0.05, 0) is 55.7 Å². The third-order valence-corrected chi connectivity index (χ3v) is 6.19. The average molecular weight is 424 g/mol. The Bertz CT molecular complexity index is 1060. The molecule has 0 spiro atoms. The molecule has 1 aliphatic rings. The highest BCUT2D eigenvalue weighted by molar-refractivity contribution is 7.22. The van der Waals surface area contributed by atoms with Gasteiger partial charge in [-0.2, -0.15) is 0 Å². The summed E-state index contributed by atoms with van der Waals surface area (Å²) in [5.74, 6) is 0.583. The third kappa shape index (κ3) is 5.16. The molecule has 156 valence electrons. The van der Waals surface area contributed by atoms with Gasteiger partial charge in [-0.1, -0.05) is 42.7 Å². The molecule has 0 unspecified atom stereocenters. The highest BCUT2D eigenvalue weighted by atomic mass is 32.1. The molecule has 2 N–H and O–H groups in total. The Balaban J connectivity index is 1.35. The van der Waals surface area contributed by atoms with Crippen molar-refractivity contribution in [2.24, 2.45) is 5.92 Å². The van der Waals surface area contributed by atoms with Crippen molar-refractivity contribution in [1.82, 2.24) is 4.98 Å². The predicted octanol–water partition coefficient (Wildman–Crippen LogP) is 5.14. The number of rotatable bonds is 6. The molecule has 2 aromatic carbocycles. The maximum atomic E-state index is 12.5. The summed E-state index contributed by atoms with van der Waals surface area (Å²) in [6, 6.07) is 13.1. The minimum Gasteiger partial charge on any atom is -0.484 e. The second-order valence-corrected chi connectivity index (χ2v) is 8.71. The Labute approximate surface area is 179 Å². The van der Waals surface area contributed by atoms with Crippen LogP contribution in [0.15, 0.2) is 42.5 Å². The molecule has 4 rings (SSSR count). The smallest absolute Gasteiger partial charge is 0.262 e. The summed E-state index contributed by atoms with van der Waals surface area (Å²) in [6.07, 6.45) is 5.37. The molecule has 1 aromatic heterocycles. The van der Waals surface area contributed by atoms with Crippen LogP contribution in [0.1, 0.15) is 37.7 Å². The Kier molecular flexibility index (Phi) is 6.28. The number of nitrogens with one attached hydrogen (secondary N) is 2. The SMILES string of the molecule is Cc1cccc(OCC(=O)Nc2ccc3sc(NC(=O)C4CCCCC4)nc3c2)c1. The van der Waals surface area contributed by atoms with Crippen LogP contribution in [-0.2, 0) is 9.59 Å². The summed E-state index contributed by atoms with van der Waals surface area (Å²) < 4.78 is 6.50. The van der Waals surface area contributed by atoms with E-state index in [9.17, 15) is 9.59 Å². The van der Waals surface area contributed by atoms with Gasteiger partial charge in [0.2, 0.25) is 5.91 Å². The van der Waals surface area contributed by atoms with E-state index in [0.29, 0.717) is 16.6 Å². The number of fused-ring (bicyclic) bond motifs is 1. The molecular formula is C23H25N3O3S. The van der Waals surface area contributed by atoms with E-state index in [-0.39, 0.29) is 24.3 Å². The number of thiazole rings is 1. The summed E-state index contributed by atoms with van der Waals surface area (Å²) in [5, 5.41) is 6.40. The Morgan fingerprint density at radius 3 is 2.73 bits per heavy atom. The number of anilines is 2. The van der Waals surface area contributed by atoms with Crippen molar-refractivity contribution in [2.75, 3.05) is 17.2 Å². The van der Waals surface area contributed by atoms with E-state index in [2.05, 4.69) is 15.6 Å². The molecule has 0 atom stereocenters. The third-order valence-electron chi connectivity index (χ3n) is 5.24. The fraction of sp³-hybridized carbons (Fsp3) is 0.348. The number of carbonyl (C=O) groups excluding carboxylic acids is 2. The van der Waals surface area contributed by atoms with E-state index in [1.54, 1.807) is 0 Å². The first-order valence-corrected chi connectivity index (χ1v) is 11.1. The van der Waals surface area contributed by atoms with Gasteiger partial charge in [-0.25, -0.2) is 4.98 Å². The summed E-state index contributed by atoms with van der Waals surface area (Å²) in [6.45, 7) is 1.91. The molecule has 1 saturated carbocycles. The molecular weight excluding hydrogens is 398 g/mol. The Hall–Kier alpha value is -2.93. The molecule has 7 heteroatoms. The number of amides is 2. The molecule has 1 fully saturated rings. The largest absolute Gasteiger partial charge is 0.484 e. The van der Waals surface area contributed by atoms with Gasteiger partial charge in [0.25, 0.3) is 5.91 Å². The number of nitrogens with zero attached hydrogens (tertiary/aromatic N) is 1. The number of carbonyl (C=O) groups is 2. The summed E-state index contributed by atoms with van der Waals surface area (Å²) in [7, 11) is 0. The lowest BCUT2D eigenvalue weighted by Crippen LogP contribution is -2.24. The lowest BCUT2D eigenvalue weighted by atomic mass is 9.89. The van der Waals surface area contributed by atoms with Crippen LogP contribution in [0.3, 0.4) is 0 Å². The first-order chi connectivity index (χ1) is 14.6. The van der Waals surface area contributed by atoms with Crippen LogP contribution in [-0.4, -0.2) is 23.4 Å². The van der Waals surface area contributed by atoms with Gasteiger partial charge >= 0.3 is 0 Å². The first kappa shape index (κ1) is 20.3. The van der Waals surface area contributed by atoms with Crippen molar-refractivity contribution in [3.63, 3.8) is 0 Å². The number of aromatic nitrogens is 1. The number of benzene rings is 2. The van der Waals surface area contributed by atoms with Crippen LogP contribution in [0.5, 0.6) is 5.75 Å². The van der Waals surface area contributed by atoms with Gasteiger partial charge in [0, 0.05) is 11.6 Å². The fourth-order valence-corrected chi connectivity index (χ4v) is 4.53. The normalized spacial score (nSPS) is 14.4. The van der Waals surface area contributed by atoms with Gasteiger partial charge in [0.15, 0.2) is 11.7 Å². The van der Waals surface area contributed by atoms with Gasteiger partial charge in [-0.3, -0.25) is 9.59 Å². The zero-order chi connectivity index (χ0) is 20.9. The van der Waals surface area contributed by atoms with Gasteiger partial charge < -0.3 is 15.4 Å². The molecule has 0 saturated heterocycles. The van der Waals surface area contributed by atoms with Crippen LogP contribution in [0.4, 0.5) is 10.8 Å². The molecule has 1 heterocycles. The monoisotopic (exact) mass is 423 g/mol. The van der Waals surface area contributed by atoms with Crippen molar-refractivity contribution < 1.29 is 14.3 Å². The molecule has 3 aromatic rings. The van der Waals surface area contributed by atoms with Gasteiger partial charge in [-0.15, -0.1) is 0 Å². The maximum absolute atomic E-state index is 12.5. The summed E-state index contributed by atoms with van der Waals surface area (Å²) in [5.41, 5.74) is 2.47. The molecule has 0 aliphatic heterocycles. The van der Waals surface area contributed by atoms with Gasteiger partial charge in [0.05, 0.1) is 10.2 Å². The predicted molar refractivity (Wildman–Crippen MR) is 120 cm³/mol. The standard InChI is InChI=1S/C23H25N3O3S/c1-15-6-5-9-18(12-15)29-14-21(27)24-17-10-11-20-19(13-17)25-23(30-20)26-22(28)16-7-3-2-4-8-16/h5-6,9-13,16H,2-4,7-8,14H2,1H3,(H,24,27)(H,25,26,28). The molecule has 30 heavy (non-hydrogen) atoms. The number of hydrogen-bond donors (Lipinski definition) is 2. The van der Waals surface area contributed by atoms with Crippen molar-refractivity contribution in [2.45, 2.75) is 39.0 Å². The van der Waals surface area contributed by atoms with Crippen LogP contribution < -0.4 is 15.4 Å². The minimum atomic E-state index is -0.239. The minimum absolute atomic E-state index is 0.0654. The van der Waals surface area contributed by atoms with Crippen molar-refractivity contribution in [3.05, 3.63) is 48.0 Å². The van der Waals surface area contributed by atoms with Crippen LogP contribution in [0.25, 0.3) is 10.2 Å². The molecule has 0 bridgehead atoms. The lowest BCUT2D eigenvalue weighted by molar-refractivity contribution is -0.120. The molecule has 2 amide bonds. The van der Waals surface area contributed by atoms with Crippen LogP contribution >= 0.6 is 11.3 Å². The van der Waals surface area contributed by atoms with Crippen LogP contribution in [0, 0.1) is 12.8 Å². The van der Waals surface area contributed by atoms with E-state index < -0.39 is 0 Å². The fourth-order valence-electron chi connectivity index (χ4n) is 3.68. The zero-order valence-corrected chi connectivity index (χ0v) is 17.8. The number of ether oxygens (including phenoxy) is 1. The summed E-state index contributed by atoms with van der Waals surface area (Å²) >= 11 is 1.45. The van der Waals surface area contributed by atoms with Crippen molar-refractivity contribution >= 4 is 44.2 Å². The van der Waals surface area contributed by atoms with Crippen molar-refractivity contribution in [1.29, 1.82) is 0 Å². The number of hydrogen-bond acceptors (Lipinski definition) is 5. The van der Waals surface area contributed by atoms with Crippen molar-refractivity contribution in [3.8, 4) is 5.75 Å². The zero-order valence-electron chi connectivity index (χ0n) is 16.9. The second-order valence-electron chi connectivity index (χ2n) is 7.68. The van der Waals surface area contributed by atoms with E-state index in [0.717, 1.165) is 41.5 Å². The van der Waals surface area contributed by atoms with E-state index in [4.69, 9.17) is 4.74 Å². The topological polar surface area (TPSA) is 80.3 Å². The van der Waals surface area contributed by atoms with Crippen LogP contribution in [0.2, 0.25) is 0 Å². The maximum Gasteiger partial charge on any atom is 0.262 e. The van der Waals surface area contributed by atoms with E-state index >= 15 is 0 Å². The number of aryl methyl sites for hydroxylation is 1. The van der Waals surface area contributed by atoms with Gasteiger partial charge in [0.1, 0.15) is 5.75 Å². The lowest BCUT2D eigenvalue weighted by Gasteiger charge is -2.19. The summed E-state index contributed by atoms with van der Waals surface area (Å²) in [4.78, 5) is 29.2.